The highest BCUT2D eigenvalue weighted by molar-refractivity contribution is 6.31. The van der Waals surface area contributed by atoms with Gasteiger partial charge in [0.2, 0.25) is 17.8 Å². The Balaban J connectivity index is 1.30. The summed E-state index contributed by atoms with van der Waals surface area (Å²) < 4.78 is 11.9. The van der Waals surface area contributed by atoms with E-state index < -0.39 is 0 Å². The van der Waals surface area contributed by atoms with Crippen LogP contribution < -0.4 is 24.7 Å². The van der Waals surface area contributed by atoms with Crippen molar-refractivity contribution in [1.29, 1.82) is 0 Å². The van der Waals surface area contributed by atoms with Crippen molar-refractivity contribution in [1.82, 2.24) is 15.0 Å². The van der Waals surface area contributed by atoms with Crippen LogP contribution in [0.3, 0.4) is 0 Å². The van der Waals surface area contributed by atoms with E-state index in [9.17, 15) is 0 Å². The summed E-state index contributed by atoms with van der Waals surface area (Å²) in [5.74, 6) is 3.19. The lowest BCUT2D eigenvalue weighted by molar-refractivity contribution is 0.269. The zero-order chi connectivity index (χ0) is 26.9. The molecule has 5 rings (SSSR count). The third-order valence-electron chi connectivity index (χ3n) is 6.88. The fraction of sp³-hybridized carbons (Fsp3) is 0.448. The smallest absolute Gasteiger partial charge is 0.250 e. The number of halogens is 1. The minimum absolute atomic E-state index is 0.354. The minimum Gasteiger partial charge on any atom is -0.490 e. The van der Waals surface area contributed by atoms with Gasteiger partial charge in [-0.15, -0.1) is 0 Å². The molecule has 3 aromatic rings. The standard InChI is InChI=1S/C29H36ClN7O2/c1-2-38-26-19-22(13-14-25(26)39-21-23-11-5-6-12-24(23)30)20-31-35-27-32-28(36-15-7-3-8-16-36)34-29(33-27)37-17-9-4-10-18-37/h5-6,11-14,19-20H,2-4,7-10,15-18,21H2,1H3,(H,32,33,34,35)/b31-20-. The van der Waals surface area contributed by atoms with E-state index >= 15 is 0 Å². The van der Waals surface area contributed by atoms with Crippen molar-refractivity contribution < 1.29 is 9.47 Å². The molecule has 0 atom stereocenters. The van der Waals surface area contributed by atoms with Gasteiger partial charge in [-0.3, -0.25) is 0 Å². The van der Waals surface area contributed by atoms with Crippen molar-refractivity contribution in [3.8, 4) is 11.5 Å². The van der Waals surface area contributed by atoms with Crippen molar-refractivity contribution >= 4 is 35.7 Å². The maximum Gasteiger partial charge on any atom is 0.250 e. The Morgan fingerprint density at radius 2 is 1.51 bits per heavy atom. The van der Waals surface area contributed by atoms with Gasteiger partial charge in [-0.2, -0.15) is 20.1 Å². The lowest BCUT2D eigenvalue weighted by Crippen LogP contribution is -2.34. The van der Waals surface area contributed by atoms with Crippen molar-refractivity contribution in [3.63, 3.8) is 0 Å². The number of hydrogen-bond donors (Lipinski definition) is 1. The number of benzene rings is 2. The van der Waals surface area contributed by atoms with Crippen molar-refractivity contribution in [2.45, 2.75) is 52.1 Å². The summed E-state index contributed by atoms with van der Waals surface area (Å²) in [5, 5.41) is 5.12. The van der Waals surface area contributed by atoms with Crippen LogP contribution in [-0.4, -0.2) is 54.0 Å². The molecule has 0 radical (unpaired) electrons. The number of aromatic nitrogens is 3. The van der Waals surface area contributed by atoms with Gasteiger partial charge in [0.05, 0.1) is 12.8 Å². The normalized spacial score (nSPS) is 15.9. The number of nitrogens with one attached hydrogen (secondary N) is 1. The Hall–Kier alpha value is -3.59. The molecule has 1 aromatic heterocycles. The predicted molar refractivity (Wildman–Crippen MR) is 157 cm³/mol. The number of ether oxygens (including phenoxy) is 2. The zero-order valence-corrected chi connectivity index (χ0v) is 23.2. The number of nitrogens with zero attached hydrogens (tertiary/aromatic N) is 6. The topological polar surface area (TPSA) is 88.0 Å². The van der Waals surface area contributed by atoms with Gasteiger partial charge in [0.1, 0.15) is 6.61 Å². The summed E-state index contributed by atoms with van der Waals surface area (Å²) in [6, 6.07) is 13.4. The summed E-state index contributed by atoms with van der Waals surface area (Å²) in [5.41, 5.74) is 4.82. The number of anilines is 3. The van der Waals surface area contributed by atoms with Gasteiger partial charge in [-0.05, 0) is 75.3 Å². The second kappa shape index (κ2) is 13.5. The molecule has 9 nitrogen and oxygen atoms in total. The molecule has 0 saturated carbocycles. The number of hydrazone groups is 1. The van der Waals surface area contributed by atoms with Crippen LogP contribution in [0.2, 0.25) is 5.02 Å². The van der Waals surface area contributed by atoms with Gasteiger partial charge in [-0.25, -0.2) is 5.43 Å². The molecule has 1 N–H and O–H groups in total. The van der Waals surface area contributed by atoms with Crippen molar-refractivity contribution in [2.75, 3.05) is 48.0 Å². The van der Waals surface area contributed by atoms with Crippen LogP contribution in [-0.2, 0) is 6.61 Å². The van der Waals surface area contributed by atoms with Crippen LogP contribution in [0.4, 0.5) is 17.8 Å². The quantitative estimate of drug-likeness (QED) is 0.246. The maximum atomic E-state index is 6.28. The number of piperidine rings is 2. The highest BCUT2D eigenvalue weighted by Gasteiger charge is 2.20. The molecule has 2 aliphatic heterocycles. The van der Waals surface area contributed by atoms with E-state index in [4.69, 9.17) is 36.0 Å². The van der Waals surface area contributed by atoms with Crippen LogP contribution in [0.15, 0.2) is 47.6 Å². The van der Waals surface area contributed by atoms with Crippen LogP contribution in [0.1, 0.15) is 56.6 Å². The fourth-order valence-corrected chi connectivity index (χ4v) is 4.99. The highest BCUT2D eigenvalue weighted by Crippen LogP contribution is 2.30. The first kappa shape index (κ1) is 27.0. The van der Waals surface area contributed by atoms with E-state index in [1.807, 2.05) is 49.4 Å². The molecule has 2 aliphatic rings. The summed E-state index contributed by atoms with van der Waals surface area (Å²) >= 11 is 6.28. The molecule has 0 bridgehead atoms. The highest BCUT2D eigenvalue weighted by atomic mass is 35.5. The van der Waals surface area contributed by atoms with Gasteiger partial charge >= 0.3 is 0 Å². The minimum atomic E-state index is 0.354. The first-order valence-electron chi connectivity index (χ1n) is 13.9. The molecule has 2 aromatic carbocycles. The molecular formula is C29H36ClN7O2. The maximum absolute atomic E-state index is 6.28. The van der Waals surface area contributed by atoms with Gasteiger partial charge in [0.15, 0.2) is 11.5 Å². The molecule has 10 heteroatoms. The van der Waals surface area contributed by atoms with E-state index in [2.05, 4.69) is 20.3 Å². The summed E-state index contributed by atoms with van der Waals surface area (Å²) in [6.45, 7) is 6.70. The fourth-order valence-electron chi connectivity index (χ4n) is 4.80. The largest absolute Gasteiger partial charge is 0.490 e. The van der Waals surface area contributed by atoms with E-state index in [0.717, 1.165) is 74.9 Å². The predicted octanol–water partition coefficient (Wildman–Crippen LogP) is 5.93. The lowest BCUT2D eigenvalue weighted by atomic mass is 10.1. The van der Waals surface area contributed by atoms with Gasteiger partial charge < -0.3 is 19.3 Å². The van der Waals surface area contributed by atoms with Crippen LogP contribution in [0.5, 0.6) is 11.5 Å². The van der Waals surface area contributed by atoms with E-state index in [1.54, 1.807) is 6.21 Å². The molecule has 0 spiro atoms. The Morgan fingerprint density at radius 3 is 2.15 bits per heavy atom. The summed E-state index contributed by atoms with van der Waals surface area (Å²) in [4.78, 5) is 18.7. The summed E-state index contributed by atoms with van der Waals surface area (Å²) in [6.07, 6.45) is 8.87. The van der Waals surface area contributed by atoms with E-state index in [1.165, 1.54) is 12.8 Å². The van der Waals surface area contributed by atoms with Crippen molar-refractivity contribution in [2.24, 2.45) is 5.10 Å². The van der Waals surface area contributed by atoms with Gasteiger partial charge in [0.25, 0.3) is 0 Å². The molecule has 3 heterocycles. The third-order valence-corrected chi connectivity index (χ3v) is 7.25. The number of rotatable bonds is 10. The molecule has 0 aliphatic carbocycles. The van der Waals surface area contributed by atoms with Gasteiger partial charge in [0, 0.05) is 36.8 Å². The SMILES string of the molecule is CCOc1cc(/C=N\Nc2nc(N3CCCCC3)nc(N3CCCCC3)n2)ccc1OCc1ccccc1Cl. The van der Waals surface area contributed by atoms with Gasteiger partial charge in [-0.1, -0.05) is 29.8 Å². The number of hydrogen-bond acceptors (Lipinski definition) is 9. The molecule has 2 fully saturated rings. The first-order valence-corrected chi connectivity index (χ1v) is 14.3. The third kappa shape index (κ3) is 7.29. The molecule has 0 amide bonds. The van der Waals surface area contributed by atoms with Crippen LogP contribution in [0.25, 0.3) is 0 Å². The van der Waals surface area contributed by atoms with Crippen LogP contribution >= 0.6 is 11.6 Å². The Bertz CT molecular complexity index is 1220. The molecule has 206 valence electrons. The molecule has 2 saturated heterocycles. The van der Waals surface area contributed by atoms with Crippen LogP contribution in [0, 0.1) is 0 Å². The second-order valence-corrected chi connectivity index (χ2v) is 10.2. The second-order valence-electron chi connectivity index (χ2n) is 9.74. The zero-order valence-electron chi connectivity index (χ0n) is 22.5. The molecule has 39 heavy (non-hydrogen) atoms. The van der Waals surface area contributed by atoms with E-state index in [0.29, 0.717) is 35.7 Å². The first-order chi connectivity index (χ1) is 19.2. The summed E-state index contributed by atoms with van der Waals surface area (Å²) in [7, 11) is 0. The molecule has 0 unspecified atom stereocenters. The lowest BCUT2D eigenvalue weighted by Gasteiger charge is -2.30. The Morgan fingerprint density at radius 1 is 0.846 bits per heavy atom. The Labute approximate surface area is 235 Å². The molecular weight excluding hydrogens is 514 g/mol. The Kier molecular flexibility index (Phi) is 9.32. The average Bonchev–Trinajstić information content (AvgIpc) is 2.98. The van der Waals surface area contributed by atoms with Crippen molar-refractivity contribution in [3.05, 3.63) is 58.6 Å². The monoisotopic (exact) mass is 549 g/mol. The average molecular weight is 550 g/mol. The van der Waals surface area contributed by atoms with E-state index in [-0.39, 0.29) is 0 Å².